The normalized spacial score (nSPS) is 15.1. The Hall–Kier alpha value is -2.60. The quantitative estimate of drug-likeness (QED) is 0.248. The molecule has 33 heavy (non-hydrogen) atoms. The standard InChI is InChI=1S/C20H21Cl2F3N6O2/c21-16-3-1-14(2-4-16)12-33-28-13-27-29-18(32)11-30-5-7-31(8-6-30)19-17(22)9-15(10-26-19)20(23,24)25/h1-4,9-10,13H,5-8,11-12H2,(H,27,28)(H,29,32). The van der Waals surface area contributed by atoms with Gasteiger partial charge in [-0.05, 0) is 23.8 Å². The number of halogens is 5. The summed E-state index contributed by atoms with van der Waals surface area (Å²) in [5.74, 6) is -0.0204. The Kier molecular flexibility index (Phi) is 8.73. The third-order valence-electron chi connectivity index (χ3n) is 4.73. The number of amides is 1. The Morgan fingerprint density at radius 2 is 1.88 bits per heavy atom. The van der Waals surface area contributed by atoms with Gasteiger partial charge < -0.3 is 4.90 Å². The van der Waals surface area contributed by atoms with Crippen LogP contribution in [0.3, 0.4) is 0 Å². The fourth-order valence-electron chi connectivity index (χ4n) is 3.05. The van der Waals surface area contributed by atoms with Crippen molar-refractivity contribution in [2.75, 3.05) is 37.6 Å². The zero-order chi connectivity index (χ0) is 23.8. The van der Waals surface area contributed by atoms with E-state index < -0.39 is 11.7 Å². The Morgan fingerprint density at radius 1 is 1.18 bits per heavy atom. The number of nitrogens with zero attached hydrogens (tertiary/aromatic N) is 4. The molecule has 2 heterocycles. The molecule has 8 nitrogen and oxygen atoms in total. The Morgan fingerprint density at radius 3 is 2.52 bits per heavy atom. The van der Waals surface area contributed by atoms with E-state index in [4.69, 9.17) is 28.0 Å². The lowest BCUT2D eigenvalue weighted by atomic mass is 10.2. The van der Waals surface area contributed by atoms with Crippen LogP contribution in [0.25, 0.3) is 0 Å². The van der Waals surface area contributed by atoms with Gasteiger partial charge in [0, 0.05) is 37.4 Å². The fourth-order valence-corrected chi connectivity index (χ4v) is 3.46. The first-order chi connectivity index (χ1) is 15.7. The summed E-state index contributed by atoms with van der Waals surface area (Å²) in [6, 6.07) is 8.02. The maximum atomic E-state index is 12.8. The zero-order valence-electron chi connectivity index (χ0n) is 17.3. The molecule has 0 radical (unpaired) electrons. The highest BCUT2D eigenvalue weighted by atomic mass is 35.5. The number of nitrogens with one attached hydrogen (secondary N) is 2. The Balaban J connectivity index is 1.35. The van der Waals surface area contributed by atoms with Crippen LogP contribution >= 0.6 is 23.2 Å². The SMILES string of the molecule is O=C(CN1CCN(c2ncc(C(F)(F)F)cc2Cl)CC1)NN=CNOCc1ccc(Cl)cc1. The van der Waals surface area contributed by atoms with Crippen LogP contribution in [0.1, 0.15) is 11.1 Å². The fraction of sp³-hybridized carbons (Fsp3) is 0.350. The number of anilines is 1. The molecule has 0 aliphatic carbocycles. The van der Waals surface area contributed by atoms with Crippen molar-refractivity contribution < 1.29 is 22.8 Å². The molecule has 13 heteroatoms. The minimum atomic E-state index is -4.50. The molecule has 1 aromatic carbocycles. The molecule has 0 bridgehead atoms. The minimum absolute atomic E-state index is 0.0591. The average molecular weight is 505 g/mol. The number of hydroxylamine groups is 1. The number of hydrazone groups is 1. The van der Waals surface area contributed by atoms with E-state index in [-0.39, 0.29) is 17.5 Å². The van der Waals surface area contributed by atoms with Crippen molar-refractivity contribution in [2.45, 2.75) is 12.8 Å². The van der Waals surface area contributed by atoms with Crippen molar-refractivity contribution >= 4 is 41.3 Å². The molecule has 0 unspecified atom stereocenters. The molecule has 1 amide bonds. The number of benzene rings is 1. The third kappa shape index (κ3) is 7.74. The van der Waals surface area contributed by atoms with Gasteiger partial charge in [-0.1, -0.05) is 35.3 Å². The topological polar surface area (TPSA) is 82.1 Å². The summed E-state index contributed by atoms with van der Waals surface area (Å²) in [6.45, 7) is 2.37. The molecule has 178 valence electrons. The predicted molar refractivity (Wildman–Crippen MR) is 119 cm³/mol. The van der Waals surface area contributed by atoms with E-state index in [0.29, 0.717) is 43.6 Å². The van der Waals surface area contributed by atoms with E-state index in [9.17, 15) is 18.0 Å². The van der Waals surface area contributed by atoms with Gasteiger partial charge in [0.25, 0.3) is 5.91 Å². The molecular formula is C20H21Cl2F3N6O2. The molecule has 0 spiro atoms. The highest BCUT2D eigenvalue weighted by Gasteiger charge is 2.32. The van der Waals surface area contributed by atoms with Crippen LogP contribution in [0, 0.1) is 0 Å². The van der Waals surface area contributed by atoms with Gasteiger partial charge in [0.2, 0.25) is 0 Å². The smallest absolute Gasteiger partial charge is 0.353 e. The minimum Gasteiger partial charge on any atom is -0.353 e. The number of alkyl halides is 3. The molecule has 2 aromatic rings. The van der Waals surface area contributed by atoms with E-state index in [1.165, 1.54) is 6.34 Å². The maximum Gasteiger partial charge on any atom is 0.417 e. The molecule has 1 saturated heterocycles. The molecule has 0 atom stereocenters. The van der Waals surface area contributed by atoms with Gasteiger partial charge in [0.15, 0.2) is 0 Å². The van der Waals surface area contributed by atoms with Crippen molar-refractivity contribution in [3.05, 3.63) is 57.7 Å². The second kappa shape index (κ2) is 11.5. The largest absolute Gasteiger partial charge is 0.417 e. The number of aromatic nitrogens is 1. The molecule has 1 fully saturated rings. The summed E-state index contributed by atoms with van der Waals surface area (Å²) in [5, 5.41) is 4.32. The van der Waals surface area contributed by atoms with Crippen LogP contribution in [0.4, 0.5) is 19.0 Å². The summed E-state index contributed by atoms with van der Waals surface area (Å²) in [6.07, 6.45) is -2.52. The number of pyridine rings is 1. The molecule has 0 saturated carbocycles. The number of piperazine rings is 1. The number of carbonyl (C=O) groups excluding carboxylic acids is 1. The summed E-state index contributed by atoms with van der Waals surface area (Å²) in [5.41, 5.74) is 4.91. The first-order valence-electron chi connectivity index (χ1n) is 9.84. The lowest BCUT2D eigenvalue weighted by molar-refractivity contribution is -0.137. The number of rotatable bonds is 8. The predicted octanol–water partition coefficient (Wildman–Crippen LogP) is 3.31. The van der Waals surface area contributed by atoms with Gasteiger partial charge in [-0.25, -0.2) is 10.4 Å². The second-order valence-corrected chi connectivity index (χ2v) is 7.96. The highest BCUT2D eigenvalue weighted by molar-refractivity contribution is 6.33. The lowest BCUT2D eigenvalue weighted by Gasteiger charge is -2.35. The van der Waals surface area contributed by atoms with Gasteiger partial charge in [-0.3, -0.25) is 20.0 Å². The zero-order valence-corrected chi connectivity index (χ0v) is 18.8. The van der Waals surface area contributed by atoms with E-state index in [1.807, 2.05) is 17.0 Å². The van der Waals surface area contributed by atoms with Crippen LogP contribution in [-0.2, 0) is 22.4 Å². The summed E-state index contributed by atoms with van der Waals surface area (Å²) >= 11 is 11.8. The van der Waals surface area contributed by atoms with E-state index >= 15 is 0 Å². The molecular weight excluding hydrogens is 484 g/mol. The summed E-state index contributed by atoms with van der Waals surface area (Å²) in [7, 11) is 0. The van der Waals surface area contributed by atoms with Crippen LogP contribution in [0.15, 0.2) is 41.6 Å². The molecule has 2 N–H and O–H groups in total. The molecule has 1 aliphatic heterocycles. The second-order valence-electron chi connectivity index (χ2n) is 7.12. The van der Waals surface area contributed by atoms with E-state index in [2.05, 4.69) is 21.0 Å². The maximum absolute atomic E-state index is 12.8. The van der Waals surface area contributed by atoms with Crippen molar-refractivity contribution in [3.8, 4) is 0 Å². The lowest BCUT2D eigenvalue weighted by Crippen LogP contribution is -2.49. The Bertz CT molecular complexity index is 967. The molecule has 1 aliphatic rings. The van der Waals surface area contributed by atoms with Gasteiger partial charge in [0.1, 0.15) is 12.2 Å². The summed E-state index contributed by atoms with van der Waals surface area (Å²) < 4.78 is 38.3. The van der Waals surface area contributed by atoms with Crippen molar-refractivity contribution in [3.63, 3.8) is 0 Å². The van der Waals surface area contributed by atoms with Crippen molar-refractivity contribution in [1.82, 2.24) is 20.8 Å². The average Bonchev–Trinajstić information content (AvgIpc) is 2.77. The molecule has 1 aromatic heterocycles. The first kappa shape index (κ1) is 25.0. The highest BCUT2D eigenvalue weighted by Crippen LogP contribution is 2.33. The monoisotopic (exact) mass is 504 g/mol. The van der Waals surface area contributed by atoms with Gasteiger partial charge >= 0.3 is 6.18 Å². The Labute approximate surface area is 198 Å². The van der Waals surface area contributed by atoms with Crippen molar-refractivity contribution in [2.24, 2.45) is 5.10 Å². The first-order valence-corrected chi connectivity index (χ1v) is 10.6. The number of hydrogen-bond donors (Lipinski definition) is 2. The van der Waals surface area contributed by atoms with E-state index in [0.717, 1.165) is 17.8 Å². The number of carbonyl (C=O) groups is 1. The van der Waals surface area contributed by atoms with Crippen LogP contribution < -0.4 is 15.8 Å². The third-order valence-corrected chi connectivity index (χ3v) is 5.26. The van der Waals surface area contributed by atoms with Gasteiger partial charge in [0.05, 0.1) is 23.7 Å². The van der Waals surface area contributed by atoms with Crippen LogP contribution in [-0.4, -0.2) is 54.9 Å². The van der Waals surface area contributed by atoms with E-state index in [1.54, 1.807) is 17.0 Å². The van der Waals surface area contributed by atoms with Crippen molar-refractivity contribution in [1.29, 1.82) is 0 Å². The summed E-state index contributed by atoms with van der Waals surface area (Å²) in [4.78, 5) is 24.8. The molecule has 3 rings (SSSR count). The number of hydrogen-bond acceptors (Lipinski definition) is 6. The van der Waals surface area contributed by atoms with Crippen LogP contribution in [0.5, 0.6) is 0 Å². The van der Waals surface area contributed by atoms with Gasteiger partial charge in [-0.2, -0.15) is 18.3 Å². The van der Waals surface area contributed by atoms with Gasteiger partial charge in [-0.15, -0.1) is 0 Å². The van der Waals surface area contributed by atoms with Crippen LogP contribution in [0.2, 0.25) is 10.0 Å².